The van der Waals surface area contributed by atoms with Crippen molar-refractivity contribution in [3.8, 4) is 0 Å². The van der Waals surface area contributed by atoms with Gasteiger partial charge in [-0.25, -0.2) is 4.79 Å². The van der Waals surface area contributed by atoms with Crippen molar-refractivity contribution in [2.45, 2.75) is 32.7 Å². The van der Waals surface area contributed by atoms with Crippen LogP contribution < -0.4 is 5.32 Å². The lowest BCUT2D eigenvalue weighted by Crippen LogP contribution is -2.40. The molecule has 0 aliphatic carbocycles. The largest absolute Gasteiger partial charge is 0.478 e. The summed E-state index contributed by atoms with van der Waals surface area (Å²) in [4.78, 5) is 13.6. The Morgan fingerprint density at radius 3 is 2.79 bits per heavy atom. The second kappa shape index (κ2) is 5.52. The molecule has 1 aliphatic rings. The van der Waals surface area contributed by atoms with Gasteiger partial charge in [0.15, 0.2) is 5.82 Å². The van der Waals surface area contributed by atoms with Crippen molar-refractivity contribution in [3.63, 3.8) is 0 Å². The van der Waals surface area contributed by atoms with Gasteiger partial charge in [0.1, 0.15) is 5.56 Å². The van der Waals surface area contributed by atoms with Crippen LogP contribution >= 0.6 is 0 Å². The predicted molar refractivity (Wildman–Crippen MR) is 72.6 cm³/mol. The van der Waals surface area contributed by atoms with Crippen molar-refractivity contribution >= 4 is 11.8 Å². The molecule has 2 N–H and O–H groups in total. The van der Waals surface area contributed by atoms with Crippen molar-refractivity contribution in [3.05, 3.63) is 16.8 Å². The highest BCUT2D eigenvalue weighted by molar-refractivity contribution is 5.94. The fourth-order valence-electron chi connectivity index (χ4n) is 2.45. The van der Waals surface area contributed by atoms with Crippen molar-refractivity contribution in [2.75, 3.05) is 25.5 Å². The van der Waals surface area contributed by atoms with Crippen LogP contribution in [-0.2, 0) is 0 Å². The minimum absolute atomic E-state index is 0.230. The minimum atomic E-state index is -0.956. The number of hydrogen-bond acceptors (Lipinski definition) is 5. The molecular weight excluding hydrogens is 244 g/mol. The van der Waals surface area contributed by atoms with E-state index in [1.54, 1.807) is 13.8 Å². The van der Waals surface area contributed by atoms with Crippen LogP contribution in [0.4, 0.5) is 5.82 Å². The second-order valence-corrected chi connectivity index (χ2v) is 5.18. The van der Waals surface area contributed by atoms with Gasteiger partial charge in [-0.1, -0.05) is 0 Å². The summed E-state index contributed by atoms with van der Waals surface area (Å²) in [7, 11) is 2.07. The van der Waals surface area contributed by atoms with Crippen LogP contribution in [0.1, 0.15) is 34.5 Å². The van der Waals surface area contributed by atoms with Gasteiger partial charge >= 0.3 is 5.97 Å². The van der Waals surface area contributed by atoms with E-state index in [-0.39, 0.29) is 11.6 Å². The number of piperidine rings is 1. The third-order valence-corrected chi connectivity index (χ3v) is 3.63. The van der Waals surface area contributed by atoms with E-state index in [0.717, 1.165) is 25.9 Å². The molecule has 0 spiro atoms. The van der Waals surface area contributed by atoms with Gasteiger partial charge < -0.3 is 15.3 Å². The molecule has 1 aliphatic heterocycles. The van der Waals surface area contributed by atoms with Gasteiger partial charge in [0.05, 0.1) is 5.69 Å². The molecule has 0 amide bonds. The maximum absolute atomic E-state index is 11.4. The number of rotatable bonds is 3. The quantitative estimate of drug-likeness (QED) is 0.856. The Kier molecular flexibility index (Phi) is 3.99. The fourth-order valence-corrected chi connectivity index (χ4v) is 2.45. The van der Waals surface area contributed by atoms with E-state index in [9.17, 15) is 9.90 Å². The number of hydrogen-bond donors (Lipinski definition) is 2. The maximum atomic E-state index is 11.4. The molecule has 104 valence electrons. The van der Waals surface area contributed by atoms with Gasteiger partial charge in [-0.3, -0.25) is 0 Å². The molecule has 1 atom stereocenters. The number of anilines is 1. The molecule has 19 heavy (non-hydrogen) atoms. The van der Waals surface area contributed by atoms with Gasteiger partial charge in [0, 0.05) is 12.6 Å². The fraction of sp³-hybridized carbons (Fsp3) is 0.615. The lowest BCUT2D eigenvalue weighted by atomic mass is 10.0. The van der Waals surface area contributed by atoms with E-state index in [1.807, 2.05) is 0 Å². The van der Waals surface area contributed by atoms with E-state index >= 15 is 0 Å². The molecule has 1 aromatic rings. The minimum Gasteiger partial charge on any atom is -0.478 e. The lowest BCUT2D eigenvalue weighted by Gasteiger charge is -2.30. The predicted octanol–water partition coefficient (Wildman–Crippen LogP) is 1.30. The number of aromatic carboxylic acids is 1. The summed E-state index contributed by atoms with van der Waals surface area (Å²) in [5.74, 6) is -0.571. The van der Waals surface area contributed by atoms with E-state index < -0.39 is 5.97 Å². The van der Waals surface area contributed by atoms with Gasteiger partial charge in [-0.2, -0.15) is 5.10 Å². The summed E-state index contributed by atoms with van der Waals surface area (Å²) in [6.45, 7) is 5.52. The third kappa shape index (κ3) is 3.01. The van der Waals surface area contributed by atoms with Crippen molar-refractivity contribution < 1.29 is 9.90 Å². The first-order chi connectivity index (χ1) is 8.99. The Morgan fingerprint density at radius 2 is 2.16 bits per heavy atom. The summed E-state index contributed by atoms with van der Waals surface area (Å²) in [5, 5.41) is 20.6. The Bertz CT molecular complexity index is 490. The Labute approximate surface area is 112 Å². The molecule has 2 rings (SSSR count). The maximum Gasteiger partial charge on any atom is 0.339 e. The number of carboxylic acids is 1. The third-order valence-electron chi connectivity index (χ3n) is 3.63. The molecule has 2 heterocycles. The summed E-state index contributed by atoms with van der Waals surface area (Å²) in [6, 6.07) is 0.230. The first kappa shape index (κ1) is 13.7. The molecule has 1 fully saturated rings. The Balaban J connectivity index is 2.24. The summed E-state index contributed by atoms with van der Waals surface area (Å²) in [6.07, 6.45) is 2.13. The van der Waals surface area contributed by atoms with Crippen molar-refractivity contribution in [1.29, 1.82) is 0 Å². The van der Waals surface area contributed by atoms with Crippen LogP contribution in [0, 0.1) is 13.8 Å². The average molecular weight is 264 g/mol. The van der Waals surface area contributed by atoms with Gasteiger partial charge in [-0.05, 0) is 45.8 Å². The smallest absolute Gasteiger partial charge is 0.339 e. The first-order valence-corrected chi connectivity index (χ1v) is 6.51. The summed E-state index contributed by atoms with van der Waals surface area (Å²) in [5.41, 5.74) is 1.57. The number of likely N-dealkylation sites (tertiary alicyclic amines) is 1. The van der Waals surface area contributed by atoms with Gasteiger partial charge in [-0.15, -0.1) is 5.10 Å². The van der Waals surface area contributed by atoms with E-state index in [1.165, 1.54) is 0 Å². The standard InChI is InChI=1S/C13H20N4O2/c1-8-9(2)15-16-12(11(8)13(18)19)14-10-5-4-6-17(3)7-10/h10H,4-7H2,1-3H3,(H,14,16)(H,18,19). The zero-order chi connectivity index (χ0) is 14.0. The van der Waals surface area contributed by atoms with Crippen LogP contribution in [0.15, 0.2) is 0 Å². The molecule has 6 heteroatoms. The summed E-state index contributed by atoms with van der Waals surface area (Å²) < 4.78 is 0. The summed E-state index contributed by atoms with van der Waals surface area (Å²) >= 11 is 0. The van der Waals surface area contributed by atoms with E-state index in [2.05, 4.69) is 27.5 Å². The average Bonchev–Trinajstić information content (AvgIpc) is 2.33. The molecule has 1 saturated heterocycles. The molecule has 6 nitrogen and oxygen atoms in total. The second-order valence-electron chi connectivity index (χ2n) is 5.18. The van der Waals surface area contributed by atoms with E-state index in [0.29, 0.717) is 17.1 Å². The SMILES string of the molecule is Cc1nnc(NC2CCCN(C)C2)c(C(=O)O)c1C. The highest BCUT2D eigenvalue weighted by Gasteiger charge is 2.22. The number of aromatic nitrogens is 2. The van der Waals surface area contributed by atoms with E-state index in [4.69, 9.17) is 0 Å². The van der Waals surface area contributed by atoms with Crippen molar-refractivity contribution in [1.82, 2.24) is 15.1 Å². The number of aryl methyl sites for hydroxylation is 1. The molecule has 1 aromatic heterocycles. The van der Waals surface area contributed by atoms with Crippen LogP contribution in [-0.4, -0.2) is 52.4 Å². The Hall–Kier alpha value is -1.69. The number of carbonyl (C=O) groups is 1. The highest BCUT2D eigenvalue weighted by Crippen LogP contribution is 2.21. The van der Waals surface area contributed by atoms with Crippen LogP contribution in [0.25, 0.3) is 0 Å². The zero-order valence-electron chi connectivity index (χ0n) is 11.6. The number of likely N-dealkylation sites (N-methyl/N-ethyl adjacent to an activating group) is 1. The molecular formula is C13H20N4O2. The normalized spacial score (nSPS) is 20.3. The highest BCUT2D eigenvalue weighted by atomic mass is 16.4. The monoisotopic (exact) mass is 264 g/mol. The molecule has 0 aromatic carbocycles. The van der Waals surface area contributed by atoms with Crippen LogP contribution in [0.3, 0.4) is 0 Å². The van der Waals surface area contributed by atoms with Crippen LogP contribution in [0.5, 0.6) is 0 Å². The molecule has 0 saturated carbocycles. The van der Waals surface area contributed by atoms with Crippen LogP contribution in [0.2, 0.25) is 0 Å². The number of nitrogens with zero attached hydrogens (tertiary/aromatic N) is 3. The lowest BCUT2D eigenvalue weighted by molar-refractivity contribution is 0.0696. The molecule has 0 radical (unpaired) electrons. The van der Waals surface area contributed by atoms with Crippen molar-refractivity contribution in [2.24, 2.45) is 0 Å². The number of nitrogens with one attached hydrogen (secondary N) is 1. The van der Waals surface area contributed by atoms with Gasteiger partial charge in [0.2, 0.25) is 0 Å². The van der Waals surface area contributed by atoms with Gasteiger partial charge in [0.25, 0.3) is 0 Å². The molecule has 1 unspecified atom stereocenters. The zero-order valence-corrected chi connectivity index (χ0v) is 11.6. The first-order valence-electron chi connectivity index (χ1n) is 6.51. The topological polar surface area (TPSA) is 78.4 Å². The molecule has 0 bridgehead atoms. The Morgan fingerprint density at radius 1 is 1.42 bits per heavy atom. The number of carboxylic acid groups (broad SMARTS) is 1.